The summed E-state index contributed by atoms with van der Waals surface area (Å²) in [6, 6.07) is 11.7. The summed E-state index contributed by atoms with van der Waals surface area (Å²) in [7, 11) is 0. The van der Waals surface area contributed by atoms with Crippen LogP contribution in [-0.2, 0) is 6.42 Å². The number of nitrogens with zero attached hydrogens (tertiary/aromatic N) is 2. The van der Waals surface area contributed by atoms with Gasteiger partial charge in [0.25, 0.3) is 0 Å². The summed E-state index contributed by atoms with van der Waals surface area (Å²) in [4.78, 5) is 4.72. The highest BCUT2D eigenvalue weighted by Crippen LogP contribution is 2.24. The Hall–Kier alpha value is -1.84. The van der Waals surface area contributed by atoms with E-state index in [1.165, 1.54) is 0 Å². The maximum Gasteiger partial charge on any atom is 0.140 e. The summed E-state index contributed by atoms with van der Waals surface area (Å²) >= 11 is 5.92. The standard InChI is InChI=1S/C17H17ClN2O/c1-11-4-3-9-20-16(12(2)21)15(19-17(11)20)10-13-5-7-14(18)8-6-13/h3-9,12,21H,10H2,1-2H3. The van der Waals surface area contributed by atoms with E-state index in [0.29, 0.717) is 6.42 Å². The van der Waals surface area contributed by atoms with Crippen molar-refractivity contribution in [3.05, 3.63) is 70.1 Å². The molecule has 3 aromatic rings. The van der Waals surface area contributed by atoms with Gasteiger partial charge >= 0.3 is 0 Å². The van der Waals surface area contributed by atoms with E-state index in [0.717, 1.165) is 33.2 Å². The van der Waals surface area contributed by atoms with Crippen molar-refractivity contribution < 1.29 is 5.11 Å². The van der Waals surface area contributed by atoms with Crippen molar-refractivity contribution in [1.82, 2.24) is 9.38 Å². The van der Waals surface area contributed by atoms with Gasteiger partial charge in [-0.1, -0.05) is 29.8 Å². The van der Waals surface area contributed by atoms with Crippen LogP contribution in [0.15, 0.2) is 42.6 Å². The Bertz CT molecular complexity index is 775. The number of hydrogen-bond acceptors (Lipinski definition) is 2. The highest BCUT2D eigenvalue weighted by atomic mass is 35.5. The molecule has 0 aliphatic carbocycles. The third-order valence-electron chi connectivity index (χ3n) is 3.64. The second-order valence-corrected chi connectivity index (χ2v) is 5.74. The molecule has 0 radical (unpaired) electrons. The van der Waals surface area contributed by atoms with Crippen LogP contribution in [0, 0.1) is 6.92 Å². The van der Waals surface area contributed by atoms with Gasteiger partial charge in [-0.15, -0.1) is 0 Å². The molecule has 1 N–H and O–H groups in total. The second kappa shape index (κ2) is 5.51. The van der Waals surface area contributed by atoms with Crippen LogP contribution in [0.3, 0.4) is 0 Å². The average molecular weight is 301 g/mol. The molecule has 1 unspecified atom stereocenters. The van der Waals surface area contributed by atoms with Gasteiger partial charge in [0, 0.05) is 17.6 Å². The van der Waals surface area contributed by atoms with Gasteiger partial charge in [-0.25, -0.2) is 4.98 Å². The van der Waals surface area contributed by atoms with Crippen LogP contribution in [0.5, 0.6) is 0 Å². The molecule has 0 fully saturated rings. The Morgan fingerprint density at radius 3 is 2.62 bits per heavy atom. The van der Waals surface area contributed by atoms with E-state index in [1.807, 2.05) is 53.9 Å². The first-order chi connectivity index (χ1) is 10.1. The highest BCUT2D eigenvalue weighted by Gasteiger charge is 2.17. The summed E-state index contributed by atoms with van der Waals surface area (Å²) in [6.07, 6.45) is 2.06. The lowest BCUT2D eigenvalue weighted by Gasteiger charge is -2.08. The third-order valence-corrected chi connectivity index (χ3v) is 3.89. The zero-order valence-corrected chi connectivity index (χ0v) is 12.8. The van der Waals surface area contributed by atoms with Crippen LogP contribution in [0.25, 0.3) is 5.65 Å². The number of aryl methyl sites for hydroxylation is 1. The first kappa shape index (κ1) is 14.1. The van der Waals surface area contributed by atoms with E-state index >= 15 is 0 Å². The molecule has 1 aromatic carbocycles. The van der Waals surface area contributed by atoms with Gasteiger partial charge < -0.3 is 9.51 Å². The molecule has 2 heterocycles. The van der Waals surface area contributed by atoms with Crippen LogP contribution < -0.4 is 0 Å². The summed E-state index contributed by atoms with van der Waals surface area (Å²) in [5.74, 6) is 0. The summed E-state index contributed by atoms with van der Waals surface area (Å²) in [5.41, 5.74) is 4.88. The van der Waals surface area contributed by atoms with Gasteiger partial charge in [0.05, 0.1) is 17.5 Å². The number of hydrogen-bond donors (Lipinski definition) is 1. The van der Waals surface area contributed by atoms with Gasteiger partial charge in [-0.3, -0.25) is 0 Å². The summed E-state index contributed by atoms with van der Waals surface area (Å²) in [6.45, 7) is 3.80. The first-order valence-corrected chi connectivity index (χ1v) is 7.33. The average Bonchev–Trinajstić information content (AvgIpc) is 2.81. The van der Waals surface area contributed by atoms with Gasteiger partial charge in [-0.05, 0) is 43.2 Å². The Morgan fingerprint density at radius 2 is 1.95 bits per heavy atom. The molecule has 0 amide bonds. The number of benzene rings is 1. The number of rotatable bonds is 3. The summed E-state index contributed by atoms with van der Waals surface area (Å²) in [5, 5.41) is 10.8. The molecule has 1 atom stereocenters. The van der Waals surface area contributed by atoms with E-state index in [2.05, 4.69) is 0 Å². The molecular weight excluding hydrogens is 284 g/mol. The molecule has 3 rings (SSSR count). The molecule has 108 valence electrons. The third kappa shape index (κ3) is 2.67. The predicted molar refractivity (Wildman–Crippen MR) is 84.8 cm³/mol. The smallest absolute Gasteiger partial charge is 0.140 e. The minimum Gasteiger partial charge on any atom is -0.387 e. The number of halogens is 1. The van der Waals surface area contributed by atoms with Crippen molar-refractivity contribution in [2.75, 3.05) is 0 Å². The van der Waals surface area contributed by atoms with E-state index in [9.17, 15) is 5.11 Å². The minimum atomic E-state index is -0.566. The van der Waals surface area contributed by atoms with Gasteiger partial charge in [-0.2, -0.15) is 0 Å². The molecule has 0 aliphatic rings. The largest absolute Gasteiger partial charge is 0.387 e. The maximum absolute atomic E-state index is 10.1. The van der Waals surface area contributed by atoms with Crippen molar-refractivity contribution in [1.29, 1.82) is 0 Å². The van der Waals surface area contributed by atoms with Gasteiger partial charge in [0.15, 0.2) is 0 Å². The molecular formula is C17H17ClN2O. The van der Waals surface area contributed by atoms with E-state index in [1.54, 1.807) is 6.92 Å². The number of pyridine rings is 1. The number of aliphatic hydroxyl groups excluding tert-OH is 1. The van der Waals surface area contributed by atoms with E-state index in [-0.39, 0.29) is 0 Å². The van der Waals surface area contributed by atoms with Crippen LogP contribution in [-0.4, -0.2) is 14.5 Å². The lowest BCUT2D eigenvalue weighted by atomic mass is 10.1. The molecule has 3 nitrogen and oxygen atoms in total. The zero-order valence-electron chi connectivity index (χ0n) is 12.0. The van der Waals surface area contributed by atoms with Crippen molar-refractivity contribution in [3.63, 3.8) is 0 Å². The van der Waals surface area contributed by atoms with Crippen LogP contribution in [0.2, 0.25) is 5.02 Å². The lowest BCUT2D eigenvalue weighted by Crippen LogP contribution is -2.02. The van der Waals surface area contributed by atoms with Gasteiger partial charge in [0.2, 0.25) is 0 Å². The van der Waals surface area contributed by atoms with Crippen molar-refractivity contribution in [2.24, 2.45) is 0 Å². The van der Waals surface area contributed by atoms with Crippen molar-refractivity contribution in [2.45, 2.75) is 26.4 Å². The first-order valence-electron chi connectivity index (χ1n) is 6.95. The number of imidazole rings is 1. The molecule has 2 aromatic heterocycles. The minimum absolute atomic E-state index is 0.566. The zero-order chi connectivity index (χ0) is 15.0. The fraction of sp³-hybridized carbons (Fsp3) is 0.235. The molecule has 0 bridgehead atoms. The Balaban J connectivity index is 2.11. The van der Waals surface area contributed by atoms with Crippen molar-refractivity contribution >= 4 is 17.2 Å². The molecule has 0 saturated heterocycles. The van der Waals surface area contributed by atoms with Crippen LogP contribution in [0.4, 0.5) is 0 Å². The lowest BCUT2D eigenvalue weighted by molar-refractivity contribution is 0.192. The van der Waals surface area contributed by atoms with Gasteiger partial charge in [0.1, 0.15) is 5.65 Å². The van der Waals surface area contributed by atoms with E-state index in [4.69, 9.17) is 16.6 Å². The summed E-state index contributed by atoms with van der Waals surface area (Å²) < 4.78 is 1.98. The molecule has 4 heteroatoms. The van der Waals surface area contributed by atoms with Crippen LogP contribution in [0.1, 0.15) is 35.5 Å². The molecule has 0 saturated carbocycles. The molecule has 0 spiro atoms. The predicted octanol–water partition coefficient (Wildman–Crippen LogP) is 3.94. The fourth-order valence-electron chi connectivity index (χ4n) is 2.64. The maximum atomic E-state index is 10.1. The topological polar surface area (TPSA) is 37.5 Å². The van der Waals surface area contributed by atoms with Crippen LogP contribution >= 0.6 is 11.6 Å². The Morgan fingerprint density at radius 1 is 1.24 bits per heavy atom. The number of fused-ring (bicyclic) bond motifs is 1. The second-order valence-electron chi connectivity index (χ2n) is 5.31. The fourth-order valence-corrected chi connectivity index (χ4v) is 2.76. The van der Waals surface area contributed by atoms with Crippen molar-refractivity contribution in [3.8, 4) is 0 Å². The monoisotopic (exact) mass is 300 g/mol. The molecule has 21 heavy (non-hydrogen) atoms. The normalized spacial score (nSPS) is 12.8. The van der Waals surface area contributed by atoms with E-state index < -0.39 is 6.10 Å². The molecule has 0 aliphatic heterocycles. The number of aliphatic hydroxyl groups is 1. The highest BCUT2D eigenvalue weighted by molar-refractivity contribution is 6.30. The quantitative estimate of drug-likeness (QED) is 0.795. The SMILES string of the molecule is Cc1cccn2c(C(C)O)c(Cc3ccc(Cl)cc3)nc12. The number of aromatic nitrogens is 2. The Kier molecular flexibility index (Phi) is 3.70. The Labute approximate surface area is 128 Å².